The Kier molecular flexibility index (Phi) is 5.15. The van der Waals surface area contributed by atoms with Gasteiger partial charge in [0, 0.05) is 0 Å². The molecule has 0 saturated carbocycles. The molecular formula is C2H10O14P4. The van der Waals surface area contributed by atoms with Gasteiger partial charge in [-0.05, 0) is 0 Å². The summed E-state index contributed by atoms with van der Waals surface area (Å²) in [6, 6.07) is 0. The molecule has 0 rings (SSSR count). The third-order valence-electron chi connectivity index (χ3n) is 2.07. The van der Waals surface area contributed by atoms with Crippen LogP contribution in [0.1, 0.15) is 0 Å². The SMILES string of the molecule is O=P(O)(O)C(O)(O)C(P(=O)(O)O)(P(=O)(O)O)P(=O)(O)O. The van der Waals surface area contributed by atoms with Crippen LogP contribution >= 0.6 is 30.4 Å². The van der Waals surface area contributed by atoms with Crippen molar-refractivity contribution in [2.75, 3.05) is 0 Å². The van der Waals surface area contributed by atoms with Crippen molar-refractivity contribution in [1.82, 2.24) is 0 Å². The monoisotopic (exact) mass is 382 g/mol. The molecule has 0 aromatic carbocycles. The highest BCUT2D eigenvalue weighted by Gasteiger charge is 2.86. The Labute approximate surface area is 109 Å². The zero-order valence-electron chi connectivity index (χ0n) is 8.89. The van der Waals surface area contributed by atoms with E-state index in [1.54, 1.807) is 0 Å². The van der Waals surface area contributed by atoms with Crippen LogP contribution in [-0.4, -0.2) is 59.5 Å². The summed E-state index contributed by atoms with van der Waals surface area (Å²) in [6.07, 6.45) is 0. The van der Waals surface area contributed by atoms with Crippen LogP contribution in [0.5, 0.6) is 0 Å². The van der Waals surface area contributed by atoms with Crippen molar-refractivity contribution in [2.45, 2.75) is 10.2 Å². The second-order valence-electron chi connectivity index (χ2n) is 3.45. The molecule has 0 bridgehead atoms. The minimum Gasteiger partial charge on any atom is -0.354 e. The van der Waals surface area contributed by atoms with E-state index in [4.69, 9.17) is 49.4 Å². The highest BCUT2D eigenvalue weighted by Crippen LogP contribution is 2.89. The summed E-state index contributed by atoms with van der Waals surface area (Å²) in [6.45, 7) is 0. The Balaban J connectivity index is 7.21. The van der Waals surface area contributed by atoms with Crippen LogP contribution in [0, 0.1) is 0 Å². The van der Waals surface area contributed by atoms with Gasteiger partial charge >= 0.3 is 40.5 Å². The van der Waals surface area contributed by atoms with Crippen molar-refractivity contribution in [2.24, 2.45) is 0 Å². The summed E-state index contributed by atoms with van der Waals surface area (Å²) >= 11 is 0. The van der Waals surface area contributed by atoms with Gasteiger partial charge in [0.25, 0.3) is 0 Å². The smallest absolute Gasteiger partial charge is 0.354 e. The molecule has 20 heavy (non-hydrogen) atoms. The Hall–Kier alpha value is 0.520. The van der Waals surface area contributed by atoms with E-state index >= 15 is 0 Å². The molecule has 0 aromatic heterocycles. The van der Waals surface area contributed by atoms with Crippen molar-refractivity contribution < 1.29 is 67.6 Å². The molecule has 0 aromatic rings. The molecule has 0 spiro atoms. The number of aliphatic hydroxyl groups is 2. The highest BCUT2D eigenvalue weighted by molar-refractivity contribution is 7.90. The Morgan fingerprint density at radius 3 is 0.750 bits per heavy atom. The van der Waals surface area contributed by atoms with E-state index in [1.165, 1.54) is 0 Å². The summed E-state index contributed by atoms with van der Waals surface area (Å²) in [7, 11) is -27.3. The molecule has 0 saturated heterocycles. The van der Waals surface area contributed by atoms with Crippen LogP contribution in [0.25, 0.3) is 0 Å². The molecule has 0 heterocycles. The summed E-state index contributed by atoms with van der Waals surface area (Å²) < 4.78 is 38.6. The fourth-order valence-electron chi connectivity index (χ4n) is 1.29. The van der Waals surface area contributed by atoms with E-state index in [-0.39, 0.29) is 0 Å². The van der Waals surface area contributed by atoms with Gasteiger partial charge in [0.1, 0.15) is 0 Å². The lowest BCUT2D eigenvalue weighted by molar-refractivity contribution is -0.109. The molecule has 14 nitrogen and oxygen atoms in total. The van der Waals surface area contributed by atoms with Gasteiger partial charge in [-0.15, -0.1) is 0 Å². The minimum atomic E-state index is -6.89. The van der Waals surface area contributed by atoms with Crippen molar-refractivity contribution in [3.8, 4) is 0 Å². The molecule has 0 aliphatic rings. The van der Waals surface area contributed by atoms with E-state index in [0.717, 1.165) is 0 Å². The summed E-state index contributed by atoms with van der Waals surface area (Å²) in [4.78, 5) is 69.7. The van der Waals surface area contributed by atoms with Crippen LogP contribution in [0.4, 0.5) is 0 Å². The second kappa shape index (κ2) is 5.02. The third-order valence-corrected chi connectivity index (χ3v) is 11.8. The predicted octanol–water partition coefficient (Wildman–Crippen LogP) is -3.01. The Morgan fingerprint density at radius 2 is 0.700 bits per heavy atom. The van der Waals surface area contributed by atoms with E-state index in [9.17, 15) is 18.3 Å². The predicted molar refractivity (Wildman–Crippen MR) is 58.1 cm³/mol. The van der Waals surface area contributed by atoms with Gasteiger partial charge in [-0.1, -0.05) is 0 Å². The lowest BCUT2D eigenvalue weighted by Gasteiger charge is -2.42. The quantitative estimate of drug-likeness (QED) is 0.168. The van der Waals surface area contributed by atoms with E-state index < -0.39 is 40.5 Å². The molecule has 10 N–H and O–H groups in total. The first-order valence-corrected chi connectivity index (χ1v) is 10.4. The Morgan fingerprint density at radius 1 is 0.500 bits per heavy atom. The number of rotatable bonds is 5. The molecule has 0 aliphatic carbocycles. The number of hydrogen-bond acceptors (Lipinski definition) is 6. The second-order valence-corrected chi connectivity index (χ2v) is 11.5. The Bertz CT molecular complexity index is 507. The first-order valence-electron chi connectivity index (χ1n) is 3.92. The van der Waals surface area contributed by atoms with Crippen LogP contribution in [0.3, 0.4) is 0 Å². The lowest BCUT2D eigenvalue weighted by atomic mass is 10.7. The molecule has 122 valence electrons. The number of hydrogen-bond donors (Lipinski definition) is 10. The van der Waals surface area contributed by atoms with Gasteiger partial charge in [-0.25, -0.2) is 0 Å². The van der Waals surface area contributed by atoms with E-state index in [1.807, 2.05) is 0 Å². The van der Waals surface area contributed by atoms with E-state index in [2.05, 4.69) is 0 Å². The maximum Gasteiger partial charge on any atom is 0.387 e. The summed E-state index contributed by atoms with van der Waals surface area (Å²) in [5.41, 5.74) is -5.42. The van der Waals surface area contributed by atoms with Gasteiger partial charge in [-0.2, -0.15) is 0 Å². The molecule has 18 heteroatoms. The van der Waals surface area contributed by atoms with Crippen molar-refractivity contribution in [3.05, 3.63) is 0 Å². The van der Waals surface area contributed by atoms with Gasteiger partial charge in [0.05, 0.1) is 0 Å². The van der Waals surface area contributed by atoms with Crippen molar-refractivity contribution in [3.63, 3.8) is 0 Å². The third kappa shape index (κ3) is 2.74. The van der Waals surface area contributed by atoms with Crippen molar-refractivity contribution in [1.29, 1.82) is 0 Å². The summed E-state index contributed by atoms with van der Waals surface area (Å²) in [5, 5.41) is 18.2. The van der Waals surface area contributed by atoms with Gasteiger partial charge in [0.15, 0.2) is 0 Å². The molecule has 0 amide bonds. The maximum absolute atomic E-state index is 11.1. The normalized spacial score (nSPS) is 16.3. The highest BCUT2D eigenvalue weighted by atomic mass is 31.3. The largest absolute Gasteiger partial charge is 0.387 e. The fourth-order valence-corrected chi connectivity index (χ4v) is 9.27. The minimum absolute atomic E-state index is 5.42. The van der Waals surface area contributed by atoms with Crippen LogP contribution in [-0.2, 0) is 18.3 Å². The molecule has 0 atom stereocenters. The first kappa shape index (κ1) is 20.5. The molecule has 0 fully saturated rings. The van der Waals surface area contributed by atoms with Gasteiger partial charge in [0.2, 0.25) is 0 Å². The fraction of sp³-hybridized carbons (Fsp3) is 1.00. The average Bonchev–Trinajstić information content (AvgIpc) is 1.89. The van der Waals surface area contributed by atoms with Crippen LogP contribution in [0.2, 0.25) is 0 Å². The van der Waals surface area contributed by atoms with Gasteiger partial charge < -0.3 is 49.4 Å². The van der Waals surface area contributed by atoms with Crippen LogP contribution in [0.15, 0.2) is 0 Å². The maximum atomic E-state index is 11.1. The average molecular weight is 382 g/mol. The molecular weight excluding hydrogens is 372 g/mol. The van der Waals surface area contributed by atoms with Crippen molar-refractivity contribution >= 4 is 30.4 Å². The first-order chi connectivity index (χ1) is 8.25. The topological polar surface area (TPSA) is 271 Å². The standard InChI is InChI=1S/C2H10O14P4/c3-1(4,17(5,6)7)2(18(8,9)10,19(11,12)13)20(14,15)16/h3-4H,(H2,5,6,7)(H2,8,9,10)(H2,11,12,13)(H2,14,15,16). The van der Waals surface area contributed by atoms with E-state index in [0.29, 0.717) is 0 Å². The zero-order valence-corrected chi connectivity index (χ0v) is 12.5. The van der Waals surface area contributed by atoms with Gasteiger partial charge in [-0.3, -0.25) is 18.3 Å². The lowest BCUT2D eigenvalue weighted by Crippen LogP contribution is -2.52. The van der Waals surface area contributed by atoms with Crippen LogP contribution < -0.4 is 0 Å². The molecule has 0 aliphatic heterocycles. The molecule has 0 unspecified atom stereocenters. The molecule has 0 radical (unpaired) electrons. The summed E-state index contributed by atoms with van der Waals surface area (Å²) in [5.74, 6) is 0. The zero-order chi connectivity index (χ0) is 17.0.